The van der Waals surface area contributed by atoms with Gasteiger partial charge >= 0.3 is 0 Å². The minimum atomic E-state index is 0. The standard InChI is InChI=1S/C18H31N5.HI/c1-6-7-8-9-10-13-23(5)18(19-2)21-15-16-11-12-20-17(14-16)22(3)4;/h6,11-12,14H,1,7-10,13,15H2,2-5H3,(H,19,21);1H. The molecule has 0 bridgehead atoms. The number of hydrogen-bond donors (Lipinski definition) is 1. The topological polar surface area (TPSA) is 43.8 Å². The number of anilines is 1. The molecule has 0 aliphatic heterocycles. The van der Waals surface area contributed by atoms with Gasteiger partial charge in [0, 0.05) is 47.5 Å². The Balaban J connectivity index is 0.00000529. The Morgan fingerprint density at radius 1 is 1.29 bits per heavy atom. The third kappa shape index (κ3) is 8.52. The molecule has 0 saturated heterocycles. The monoisotopic (exact) mass is 445 g/mol. The van der Waals surface area contributed by atoms with E-state index < -0.39 is 0 Å². The van der Waals surface area contributed by atoms with E-state index in [1.807, 2.05) is 44.4 Å². The van der Waals surface area contributed by atoms with Gasteiger partial charge in [-0.2, -0.15) is 0 Å². The average Bonchev–Trinajstić information content (AvgIpc) is 2.55. The quantitative estimate of drug-likeness (QED) is 0.208. The van der Waals surface area contributed by atoms with Gasteiger partial charge in [0.1, 0.15) is 5.82 Å². The van der Waals surface area contributed by atoms with E-state index in [-0.39, 0.29) is 24.0 Å². The molecule has 1 aromatic rings. The number of aliphatic imine (C=N–C) groups is 1. The minimum Gasteiger partial charge on any atom is -0.363 e. The molecule has 24 heavy (non-hydrogen) atoms. The lowest BCUT2D eigenvalue weighted by molar-refractivity contribution is 0.455. The number of unbranched alkanes of at least 4 members (excludes halogenated alkanes) is 3. The van der Waals surface area contributed by atoms with E-state index in [2.05, 4.69) is 39.9 Å². The molecular weight excluding hydrogens is 413 g/mol. The summed E-state index contributed by atoms with van der Waals surface area (Å²) < 4.78 is 0. The molecule has 0 spiro atoms. The molecule has 6 heteroatoms. The maximum Gasteiger partial charge on any atom is 0.193 e. The number of nitrogens with one attached hydrogen (secondary N) is 1. The first-order chi connectivity index (χ1) is 11.1. The first-order valence-electron chi connectivity index (χ1n) is 8.23. The molecule has 0 radical (unpaired) electrons. The largest absolute Gasteiger partial charge is 0.363 e. The van der Waals surface area contributed by atoms with Gasteiger partial charge in [-0.3, -0.25) is 4.99 Å². The highest BCUT2D eigenvalue weighted by Gasteiger charge is 2.06. The van der Waals surface area contributed by atoms with Crippen molar-refractivity contribution in [3.63, 3.8) is 0 Å². The fourth-order valence-electron chi connectivity index (χ4n) is 2.30. The third-order valence-corrected chi connectivity index (χ3v) is 3.69. The minimum absolute atomic E-state index is 0. The molecule has 0 amide bonds. The van der Waals surface area contributed by atoms with Crippen LogP contribution in [0.1, 0.15) is 31.2 Å². The van der Waals surface area contributed by atoms with Crippen molar-refractivity contribution in [2.24, 2.45) is 4.99 Å². The van der Waals surface area contributed by atoms with Crippen molar-refractivity contribution in [2.75, 3.05) is 39.6 Å². The maximum absolute atomic E-state index is 4.36. The predicted molar refractivity (Wildman–Crippen MR) is 115 cm³/mol. The van der Waals surface area contributed by atoms with Crippen LogP contribution >= 0.6 is 24.0 Å². The zero-order valence-corrected chi connectivity index (χ0v) is 17.8. The summed E-state index contributed by atoms with van der Waals surface area (Å²) in [4.78, 5) is 12.9. The van der Waals surface area contributed by atoms with Crippen LogP contribution in [0.15, 0.2) is 36.0 Å². The number of halogens is 1. The fourth-order valence-corrected chi connectivity index (χ4v) is 2.30. The van der Waals surface area contributed by atoms with E-state index in [0.717, 1.165) is 31.3 Å². The van der Waals surface area contributed by atoms with Crippen LogP contribution in [0.25, 0.3) is 0 Å². The third-order valence-electron chi connectivity index (χ3n) is 3.69. The molecule has 0 unspecified atom stereocenters. The Bertz CT molecular complexity index is 502. The van der Waals surface area contributed by atoms with Crippen molar-refractivity contribution in [3.05, 3.63) is 36.5 Å². The summed E-state index contributed by atoms with van der Waals surface area (Å²) in [6, 6.07) is 4.12. The van der Waals surface area contributed by atoms with Crippen LogP contribution < -0.4 is 10.2 Å². The number of pyridine rings is 1. The van der Waals surface area contributed by atoms with Crippen molar-refractivity contribution in [1.29, 1.82) is 0 Å². The lowest BCUT2D eigenvalue weighted by Crippen LogP contribution is -2.39. The van der Waals surface area contributed by atoms with E-state index in [1.165, 1.54) is 24.8 Å². The summed E-state index contributed by atoms with van der Waals surface area (Å²) in [5.74, 6) is 1.90. The lowest BCUT2D eigenvalue weighted by Gasteiger charge is -2.22. The Labute approximate surface area is 164 Å². The Morgan fingerprint density at radius 2 is 2.04 bits per heavy atom. The van der Waals surface area contributed by atoms with Crippen LogP contribution in [-0.2, 0) is 6.54 Å². The smallest absolute Gasteiger partial charge is 0.193 e. The van der Waals surface area contributed by atoms with Crippen LogP contribution in [0.4, 0.5) is 5.82 Å². The lowest BCUT2D eigenvalue weighted by atomic mass is 10.2. The van der Waals surface area contributed by atoms with E-state index >= 15 is 0 Å². The highest BCUT2D eigenvalue weighted by Crippen LogP contribution is 2.09. The summed E-state index contributed by atoms with van der Waals surface area (Å²) in [7, 11) is 7.91. The van der Waals surface area contributed by atoms with Crippen molar-refractivity contribution >= 4 is 35.8 Å². The molecule has 0 saturated carbocycles. The molecular formula is C18H32IN5. The molecule has 1 aromatic heterocycles. The predicted octanol–water partition coefficient (Wildman–Crippen LogP) is 3.52. The number of rotatable bonds is 9. The highest BCUT2D eigenvalue weighted by atomic mass is 127. The fraction of sp³-hybridized carbons (Fsp3) is 0.556. The van der Waals surface area contributed by atoms with Gasteiger partial charge in [-0.1, -0.05) is 12.5 Å². The Hall–Kier alpha value is -1.31. The normalized spacial score (nSPS) is 10.8. The van der Waals surface area contributed by atoms with E-state index in [1.54, 1.807) is 0 Å². The number of nitrogens with zero attached hydrogens (tertiary/aromatic N) is 4. The van der Waals surface area contributed by atoms with Gasteiger partial charge in [0.05, 0.1) is 0 Å². The SMILES string of the molecule is C=CCCCCCN(C)C(=NC)NCc1ccnc(N(C)C)c1.I. The van der Waals surface area contributed by atoms with Crippen LogP contribution in [0, 0.1) is 0 Å². The summed E-state index contributed by atoms with van der Waals surface area (Å²) in [5.41, 5.74) is 1.20. The molecule has 0 aliphatic rings. The van der Waals surface area contributed by atoms with E-state index in [9.17, 15) is 0 Å². The van der Waals surface area contributed by atoms with Crippen LogP contribution in [0.3, 0.4) is 0 Å². The summed E-state index contributed by atoms with van der Waals surface area (Å²) >= 11 is 0. The van der Waals surface area contributed by atoms with Gasteiger partial charge in [0.25, 0.3) is 0 Å². The maximum atomic E-state index is 4.36. The summed E-state index contributed by atoms with van der Waals surface area (Å²) in [5, 5.41) is 3.42. The van der Waals surface area contributed by atoms with Crippen LogP contribution in [0.5, 0.6) is 0 Å². The zero-order chi connectivity index (χ0) is 17.1. The van der Waals surface area contributed by atoms with Crippen molar-refractivity contribution in [2.45, 2.75) is 32.2 Å². The molecule has 136 valence electrons. The summed E-state index contributed by atoms with van der Waals surface area (Å²) in [6.45, 7) is 5.51. The van der Waals surface area contributed by atoms with Gasteiger partial charge in [-0.15, -0.1) is 30.6 Å². The van der Waals surface area contributed by atoms with E-state index in [4.69, 9.17) is 0 Å². The van der Waals surface area contributed by atoms with Crippen molar-refractivity contribution in [1.82, 2.24) is 15.2 Å². The molecule has 1 N–H and O–H groups in total. The van der Waals surface area contributed by atoms with Gasteiger partial charge < -0.3 is 15.1 Å². The van der Waals surface area contributed by atoms with Crippen molar-refractivity contribution < 1.29 is 0 Å². The number of aromatic nitrogens is 1. The van der Waals surface area contributed by atoms with Gasteiger partial charge in [-0.25, -0.2) is 4.98 Å². The average molecular weight is 445 g/mol. The molecule has 0 aromatic carbocycles. The first kappa shape index (κ1) is 22.7. The number of hydrogen-bond acceptors (Lipinski definition) is 3. The van der Waals surface area contributed by atoms with Crippen LogP contribution in [-0.4, -0.2) is 50.6 Å². The second kappa shape index (κ2) is 13.0. The van der Waals surface area contributed by atoms with Gasteiger partial charge in [0.2, 0.25) is 0 Å². The summed E-state index contributed by atoms with van der Waals surface area (Å²) in [6.07, 6.45) is 8.55. The van der Waals surface area contributed by atoms with Crippen LogP contribution in [0.2, 0.25) is 0 Å². The first-order valence-corrected chi connectivity index (χ1v) is 8.23. The molecule has 1 rings (SSSR count). The molecule has 0 atom stereocenters. The molecule has 5 nitrogen and oxygen atoms in total. The van der Waals surface area contributed by atoms with Crippen molar-refractivity contribution in [3.8, 4) is 0 Å². The highest BCUT2D eigenvalue weighted by molar-refractivity contribution is 14.0. The Morgan fingerprint density at radius 3 is 2.67 bits per heavy atom. The van der Waals surface area contributed by atoms with Gasteiger partial charge in [0.15, 0.2) is 5.96 Å². The second-order valence-corrected chi connectivity index (χ2v) is 5.88. The molecule has 0 aliphatic carbocycles. The second-order valence-electron chi connectivity index (χ2n) is 5.88. The number of guanidine groups is 1. The van der Waals surface area contributed by atoms with Gasteiger partial charge in [-0.05, 0) is 37.0 Å². The number of allylic oxidation sites excluding steroid dienone is 1. The zero-order valence-electron chi connectivity index (χ0n) is 15.5. The Kier molecular flexibility index (Phi) is 12.3. The van der Waals surface area contributed by atoms with E-state index in [0.29, 0.717) is 0 Å². The molecule has 1 heterocycles. The molecule has 0 fully saturated rings.